The van der Waals surface area contributed by atoms with Gasteiger partial charge in [0.15, 0.2) is 0 Å². The maximum atomic E-state index is 2.78. The molecule has 2 aliphatic carbocycles. The predicted octanol–water partition coefficient (Wildman–Crippen LogP) is 23.4. The van der Waals surface area contributed by atoms with Crippen molar-refractivity contribution in [3.05, 3.63) is 213 Å². The number of aryl methyl sites for hydroxylation is 3. The van der Waals surface area contributed by atoms with E-state index in [9.17, 15) is 0 Å². The van der Waals surface area contributed by atoms with Crippen LogP contribution in [0, 0.1) is 20.8 Å². The summed E-state index contributed by atoms with van der Waals surface area (Å²) in [7, 11) is 0. The first-order valence-corrected chi connectivity index (χ1v) is 34.3. The fraction of sp³-hybridized carbons (Fsp3) is 0.365. The van der Waals surface area contributed by atoms with Crippen molar-refractivity contribution in [2.45, 2.75) is 202 Å². The van der Waals surface area contributed by atoms with E-state index in [0.29, 0.717) is 0 Å². The Labute approximate surface area is 543 Å². The molecular weight excluding hydrogens is 1110 g/mol. The summed E-state index contributed by atoms with van der Waals surface area (Å²) in [6.07, 6.45) is 4.68. The van der Waals surface area contributed by atoms with Gasteiger partial charge in [0.25, 0.3) is 0 Å². The monoisotopic (exact) mass is 1200 g/mol. The Balaban J connectivity index is 1.13. The van der Waals surface area contributed by atoms with Crippen molar-refractivity contribution >= 4 is 94.8 Å². The van der Waals surface area contributed by atoms with Crippen molar-refractivity contribution in [2.75, 3.05) is 14.6 Å². The summed E-state index contributed by atoms with van der Waals surface area (Å²) < 4.78 is 2.75. The number of fused-ring (bicyclic) bond motifs is 10. The smallest absolute Gasteiger partial charge is 0.334 e. The second-order valence-corrected chi connectivity index (χ2v) is 34.4. The Bertz CT molecular complexity index is 4490. The van der Waals surface area contributed by atoms with Gasteiger partial charge in [-0.1, -0.05) is 190 Å². The lowest BCUT2D eigenvalue weighted by molar-refractivity contribution is 0.332. The maximum absolute atomic E-state index is 2.78. The van der Waals surface area contributed by atoms with Crippen LogP contribution in [-0.2, 0) is 37.9 Å². The molecule has 5 heteroatoms. The van der Waals surface area contributed by atoms with E-state index >= 15 is 0 Å². The Morgan fingerprint density at radius 1 is 0.411 bits per heavy atom. The molecule has 3 heterocycles. The van der Waals surface area contributed by atoms with E-state index in [2.05, 4.69) is 311 Å². The summed E-state index contributed by atoms with van der Waals surface area (Å²) in [6, 6.07) is 63.4. The number of rotatable bonds is 6. The number of thiophene rings is 1. The lowest BCUT2D eigenvalue weighted by atomic mass is 9.43. The van der Waals surface area contributed by atoms with Gasteiger partial charge < -0.3 is 14.6 Å². The van der Waals surface area contributed by atoms with Crippen LogP contribution in [-0.4, -0.2) is 6.85 Å². The third-order valence-corrected chi connectivity index (χ3v) is 23.2. The lowest BCUT2D eigenvalue weighted by Crippen LogP contribution is -2.61. The molecule has 0 fully saturated rings. The van der Waals surface area contributed by atoms with Gasteiger partial charge in [-0.3, -0.25) is 0 Å². The molecule has 0 bridgehead atoms. The summed E-state index contributed by atoms with van der Waals surface area (Å²) in [5, 5.41) is 2.73. The van der Waals surface area contributed by atoms with Crippen molar-refractivity contribution < 1.29 is 0 Å². The van der Waals surface area contributed by atoms with Crippen LogP contribution >= 0.6 is 11.3 Å². The Kier molecular flexibility index (Phi) is 13.6. The second-order valence-electron chi connectivity index (χ2n) is 33.3. The van der Waals surface area contributed by atoms with E-state index in [1.807, 2.05) is 11.3 Å². The van der Waals surface area contributed by atoms with Gasteiger partial charge in [0, 0.05) is 71.2 Å². The minimum atomic E-state index is -0.213. The average Bonchev–Trinajstić information content (AvgIpc) is 1.05. The summed E-state index contributed by atoms with van der Waals surface area (Å²) in [6.45, 7) is 47.5. The van der Waals surface area contributed by atoms with Crippen molar-refractivity contribution in [3.63, 3.8) is 0 Å². The summed E-state index contributed by atoms with van der Waals surface area (Å²) in [5.74, 6) is 0. The van der Waals surface area contributed by atoms with Crippen molar-refractivity contribution in [1.29, 1.82) is 0 Å². The van der Waals surface area contributed by atoms with Gasteiger partial charge in [-0.15, -0.1) is 11.3 Å². The van der Waals surface area contributed by atoms with Gasteiger partial charge >= 0.3 is 6.85 Å². The van der Waals surface area contributed by atoms with E-state index in [1.165, 1.54) is 157 Å². The summed E-state index contributed by atoms with van der Waals surface area (Å²) >= 11 is 2.03. The zero-order valence-electron chi connectivity index (χ0n) is 57.7. The summed E-state index contributed by atoms with van der Waals surface area (Å²) in [5.41, 5.74) is 31.4. The topological polar surface area (TPSA) is 9.72 Å². The number of hydrogen-bond donors (Lipinski definition) is 0. The van der Waals surface area contributed by atoms with Gasteiger partial charge in [0.2, 0.25) is 0 Å². The van der Waals surface area contributed by atoms with Crippen LogP contribution in [0.15, 0.2) is 158 Å². The average molecular weight is 1200 g/mol. The fourth-order valence-corrected chi connectivity index (χ4v) is 17.5. The summed E-state index contributed by atoms with van der Waals surface area (Å²) in [4.78, 5) is 8.03. The first kappa shape index (κ1) is 60.2. The molecule has 4 aliphatic rings. The molecule has 0 N–H and O–H groups in total. The standard InChI is InChI=1S/C85H94BN3S/c1-51-22-21-23-52(2)75(51)54-45-65-62-37-36-61(87(58-30-24-55(25-31-58)79(4,5)6)59-32-26-56(27-33-59)80(7,8)9)47-72(62)89(60-34-28-57(29-35-60)81(10,11)12)86-76(65)73(46-54)88(71-49-68-66(44-53(71)3)82(13,14)40-42-84(68,17)18)70-39-38-63-64-48-67-69(50-74(64)90-78(63)77(70)86)85(19,20)43-41-83(67,15)16/h21-39,44-50H,40-43H2,1-20H3. The molecule has 0 saturated heterocycles. The highest BCUT2D eigenvalue weighted by Crippen LogP contribution is 2.56. The molecule has 90 heavy (non-hydrogen) atoms. The van der Waals surface area contributed by atoms with Crippen LogP contribution in [0.3, 0.4) is 0 Å². The molecule has 9 aromatic carbocycles. The van der Waals surface area contributed by atoms with E-state index in [4.69, 9.17) is 0 Å². The van der Waals surface area contributed by atoms with Crippen LogP contribution < -0.4 is 25.5 Å². The molecule has 458 valence electrons. The van der Waals surface area contributed by atoms with Crippen LogP contribution in [0.1, 0.15) is 199 Å². The molecule has 0 saturated carbocycles. The minimum absolute atomic E-state index is 0.00784. The zero-order chi connectivity index (χ0) is 63.9. The molecular formula is C85H94BN3S. The molecule has 0 atom stereocenters. The molecule has 1 aromatic heterocycles. The molecule has 14 rings (SSSR count). The quantitative estimate of drug-likeness (QED) is 0.154. The molecule has 2 aliphatic heterocycles. The van der Waals surface area contributed by atoms with Crippen LogP contribution in [0.25, 0.3) is 42.4 Å². The first-order chi connectivity index (χ1) is 42.2. The maximum Gasteiger partial charge on any atom is 0.334 e. The highest BCUT2D eigenvalue weighted by Gasteiger charge is 2.49. The zero-order valence-corrected chi connectivity index (χ0v) is 58.5. The van der Waals surface area contributed by atoms with Crippen molar-refractivity contribution in [1.82, 2.24) is 0 Å². The first-order valence-electron chi connectivity index (χ1n) is 33.5. The number of nitrogens with zero attached hydrogens (tertiary/aromatic N) is 3. The minimum Gasteiger partial charge on any atom is -0.376 e. The second kappa shape index (κ2) is 20.3. The number of benzene rings is 9. The largest absolute Gasteiger partial charge is 0.376 e. The fourth-order valence-electron chi connectivity index (χ4n) is 16.2. The van der Waals surface area contributed by atoms with Gasteiger partial charge in [0.1, 0.15) is 0 Å². The Hall–Kier alpha value is -7.34. The Morgan fingerprint density at radius 2 is 0.900 bits per heavy atom. The molecule has 3 nitrogen and oxygen atoms in total. The van der Waals surface area contributed by atoms with E-state index in [1.54, 1.807) is 0 Å². The lowest BCUT2D eigenvalue weighted by Gasteiger charge is -2.47. The molecule has 0 amide bonds. The highest BCUT2D eigenvalue weighted by molar-refractivity contribution is 7.27. The SMILES string of the molecule is Cc1cc2c(cc1N1c3cc(-c4c(C)cccc4C)cc4c3B(c3c1ccc1c3sc3cc5c(cc31)C(C)(C)CCC5(C)C)N(c1ccc(C(C)(C)C)cc1)c1cc(N(c3ccc(C(C)(C)C)cc3)c3ccc(C(C)(C)C)cc3)ccc1-4)C(C)(C)CCC2(C)C. The van der Waals surface area contributed by atoms with Crippen molar-refractivity contribution in [3.8, 4) is 22.3 Å². The normalized spacial score (nSPS) is 17.0. The van der Waals surface area contributed by atoms with Crippen LogP contribution in [0.2, 0.25) is 0 Å². The molecule has 0 spiro atoms. The molecule has 0 radical (unpaired) electrons. The van der Waals surface area contributed by atoms with Crippen LogP contribution in [0.4, 0.5) is 45.5 Å². The van der Waals surface area contributed by atoms with Crippen LogP contribution in [0.5, 0.6) is 0 Å². The van der Waals surface area contributed by atoms with Gasteiger partial charge in [-0.25, -0.2) is 0 Å². The third kappa shape index (κ3) is 9.62. The van der Waals surface area contributed by atoms with Gasteiger partial charge in [-0.2, -0.15) is 0 Å². The van der Waals surface area contributed by atoms with Gasteiger partial charge in [0.05, 0.1) is 0 Å². The van der Waals surface area contributed by atoms with E-state index < -0.39 is 0 Å². The Morgan fingerprint density at radius 3 is 1.43 bits per heavy atom. The predicted molar refractivity (Wildman–Crippen MR) is 394 cm³/mol. The highest BCUT2D eigenvalue weighted by atomic mass is 32.1. The molecule has 10 aromatic rings. The van der Waals surface area contributed by atoms with E-state index in [-0.39, 0.29) is 44.8 Å². The molecule has 0 unspecified atom stereocenters. The van der Waals surface area contributed by atoms with E-state index in [0.717, 1.165) is 23.5 Å². The van der Waals surface area contributed by atoms with Gasteiger partial charge in [-0.05, 0) is 253 Å². The van der Waals surface area contributed by atoms with Crippen molar-refractivity contribution in [2.24, 2.45) is 0 Å². The number of hydrogen-bond acceptors (Lipinski definition) is 4. The number of anilines is 8. The third-order valence-electron chi connectivity index (χ3n) is 22.0.